The van der Waals surface area contributed by atoms with E-state index in [0.29, 0.717) is 6.61 Å². The molecule has 0 spiro atoms. The molecule has 0 unspecified atom stereocenters. The summed E-state index contributed by atoms with van der Waals surface area (Å²) < 4.78 is 19.6. The molecular weight excluding hydrogens is 369 g/mol. The molecule has 3 rings (SSSR count). The zero-order chi connectivity index (χ0) is 16.8. The lowest BCUT2D eigenvalue weighted by Gasteiger charge is -2.06. The summed E-state index contributed by atoms with van der Waals surface area (Å²) in [6.45, 7) is 0.409. The zero-order valence-electron chi connectivity index (χ0n) is 12.8. The van der Waals surface area contributed by atoms with Gasteiger partial charge in [-0.2, -0.15) is 0 Å². The molecule has 0 bridgehead atoms. The van der Waals surface area contributed by atoms with Crippen LogP contribution in [0.5, 0.6) is 5.75 Å². The molecule has 3 aromatic rings. The third-order valence-electron chi connectivity index (χ3n) is 3.39. The van der Waals surface area contributed by atoms with Gasteiger partial charge in [0.05, 0.1) is 5.69 Å². The first-order valence-electron chi connectivity index (χ1n) is 7.46. The van der Waals surface area contributed by atoms with Crippen molar-refractivity contribution in [3.05, 3.63) is 94.2 Å². The van der Waals surface area contributed by atoms with Crippen LogP contribution < -0.4 is 4.74 Å². The largest absolute Gasteiger partial charge is 0.489 e. The molecule has 0 aliphatic heterocycles. The summed E-state index contributed by atoms with van der Waals surface area (Å²) >= 11 is 3.40. The summed E-state index contributed by atoms with van der Waals surface area (Å²) in [5, 5.41) is 0. The van der Waals surface area contributed by atoms with E-state index in [1.807, 2.05) is 54.7 Å². The van der Waals surface area contributed by atoms with Crippen LogP contribution in [-0.4, -0.2) is 6.21 Å². The molecule has 0 heterocycles. The Morgan fingerprint density at radius 1 is 0.875 bits per heavy atom. The quantitative estimate of drug-likeness (QED) is 0.501. The highest BCUT2D eigenvalue weighted by atomic mass is 79.9. The van der Waals surface area contributed by atoms with Crippen LogP contribution in [0, 0.1) is 5.82 Å². The normalized spacial score (nSPS) is 10.9. The predicted octanol–water partition coefficient (Wildman–Crippen LogP) is 5.92. The number of benzene rings is 3. The van der Waals surface area contributed by atoms with Crippen LogP contribution in [0.3, 0.4) is 0 Å². The van der Waals surface area contributed by atoms with E-state index in [0.717, 1.165) is 27.0 Å². The third kappa shape index (κ3) is 4.77. The number of halogens is 2. The van der Waals surface area contributed by atoms with Crippen molar-refractivity contribution >= 4 is 27.8 Å². The van der Waals surface area contributed by atoms with Gasteiger partial charge in [-0.1, -0.05) is 28.1 Å². The molecule has 0 saturated heterocycles. The fourth-order valence-corrected chi connectivity index (χ4v) is 2.34. The molecule has 24 heavy (non-hydrogen) atoms. The number of aliphatic imine (C=N–C) groups is 1. The number of nitrogens with zero attached hydrogens (tertiary/aromatic N) is 1. The Morgan fingerprint density at radius 3 is 2.21 bits per heavy atom. The number of ether oxygens (including phenoxy) is 1. The van der Waals surface area contributed by atoms with Crippen LogP contribution in [-0.2, 0) is 6.61 Å². The molecule has 0 aliphatic rings. The minimum atomic E-state index is -0.242. The maximum Gasteiger partial charge on any atom is 0.123 e. The molecule has 2 nitrogen and oxygen atoms in total. The van der Waals surface area contributed by atoms with Gasteiger partial charge < -0.3 is 4.74 Å². The lowest BCUT2D eigenvalue weighted by molar-refractivity contribution is 0.306. The second kappa shape index (κ2) is 7.88. The number of rotatable bonds is 5. The Balaban J connectivity index is 1.58. The van der Waals surface area contributed by atoms with Crippen molar-refractivity contribution < 1.29 is 9.13 Å². The molecule has 0 radical (unpaired) electrons. The topological polar surface area (TPSA) is 21.6 Å². The van der Waals surface area contributed by atoms with Crippen LogP contribution in [0.1, 0.15) is 11.1 Å². The third-order valence-corrected chi connectivity index (χ3v) is 3.92. The second-order valence-electron chi connectivity index (χ2n) is 5.22. The highest BCUT2D eigenvalue weighted by Crippen LogP contribution is 2.18. The Kier molecular flexibility index (Phi) is 5.39. The second-order valence-corrected chi connectivity index (χ2v) is 6.13. The molecule has 3 aromatic carbocycles. The Hall–Kier alpha value is -2.46. The molecule has 0 fully saturated rings. The van der Waals surface area contributed by atoms with Gasteiger partial charge in [0.25, 0.3) is 0 Å². The predicted molar refractivity (Wildman–Crippen MR) is 98.6 cm³/mol. The standard InChI is InChI=1S/C20H15BrFNO/c21-17-5-9-19(10-6-17)23-13-15-3-11-20(12-4-15)24-14-16-1-7-18(22)8-2-16/h1-13H,14H2. The van der Waals surface area contributed by atoms with Crippen LogP contribution in [0.25, 0.3) is 0 Å². The van der Waals surface area contributed by atoms with Crippen molar-refractivity contribution in [2.75, 3.05) is 0 Å². The van der Waals surface area contributed by atoms with E-state index in [2.05, 4.69) is 20.9 Å². The van der Waals surface area contributed by atoms with Crippen LogP contribution in [0.15, 0.2) is 82.3 Å². The first kappa shape index (κ1) is 16.4. The Bertz CT molecular complexity index is 812. The van der Waals surface area contributed by atoms with E-state index >= 15 is 0 Å². The van der Waals surface area contributed by atoms with Gasteiger partial charge in [0.15, 0.2) is 0 Å². The average Bonchev–Trinajstić information content (AvgIpc) is 2.62. The Morgan fingerprint density at radius 2 is 1.54 bits per heavy atom. The highest BCUT2D eigenvalue weighted by Gasteiger charge is 1.97. The molecular formula is C20H15BrFNO. The van der Waals surface area contributed by atoms with Crippen molar-refractivity contribution in [2.45, 2.75) is 6.61 Å². The van der Waals surface area contributed by atoms with Crippen LogP contribution in [0.2, 0.25) is 0 Å². The van der Waals surface area contributed by atoms with Crippen molar-refractivity contribution in [1.29, 1.82) is 0 Å². The smallest absolute Gasteiger partial charge is 0.123 e. The monoisotopic (exact) mass is 383 g/mol. The molecule has 4 heteroatoms. The minimum Gasteiger partial charge on any atom is -0.489 e. The van der Waals surface area contributed by atoms with E-state index in [1.165, 1.54) is 12.1 Å². The average molecular weight is 384 g/mol. The van der Waals surface area contributed by atoms with Gasteiger partial charge in [-0.3, -0.25) is 4.99 Å². The van der Waals surface area contributed by atoms with Crippen molar-refractivity contribution in [3.8, 4) is 5.75 Å². The van der Waals surface area contributed by atoms with Crippen LogP contribution in [0.4, 0.5) is 10.1 Å². The number of hydrogen-bond acceptors (Lipinski definition) is 2. The fraction of sp³-hybridized carbons (Fsp3) is 0.0500. The maximum atomic E-state index is 12.9. The minimum absolute atomic E-state index is 0.242. The van der Waals surface area contributed by atoms with E-state index in [9.17, 15) is 4.39 Å². The van der Waals surface area contributed by atoms with E-state index in [1.54, 1.807) is 12.1 Å². The zero-order valence-corrected chi connectivity index (χ0v) is 14.4. The molecule has 0 N–H and O–H groups in total. The Labute approximate surface area is 148 Å². The van der Waals surface area contributed by atoms with Gasteiger partial charge in [0.2, 0.25) is 0 Å². The summed E-state index contributed by atoms with van der Waals surface area (Å²) in [6, 6.07) is 21.8. The molecule has 0 atom stereocenters. The lowest BCUT2D eigenvalue weighted by Crippen LogP contribution is -1.95. The van der Waals surface area contributed by atoms with E-state index in [-0.39, 0.29) is 5.82 Å². The van der Waals surface area contributed by atoms with Gasteiger partial charge in [-0.25, -0.2) is 4.39 Å². The fourth-order valence-electron chi connectivity index (χ4n) is 2.07. The van der Waals surface area contributed by atoms with Crippen LogP contribution >= 0.6 is 15.9 Å². The first-order chi connectivity index (χ1) is 11.7. The van der Waals surface area contributed by atoms with Gasteiger partial charge in [0.1, 0.15) is 18.2 Å². The van der Waals surface area contributed by atoms with Gasteiger partial charge in [-0.05, 0) is 71.8 Å². The van der Waals surface area contributed by atoms with E-state index < -0.39 is 0 Å². The maximum absolute atomic E-state index is 12.9. The van der Waals surface area contributed by atoms with Crippen molar-refractivity contribution in [2.24, 2.45) is 4.99 Å². The number of hydrogen-bond donors (Lipinski definition) is 0. The summed E-state index contributed by atoms with van der Waals surface area (Å²) in [5.74, 6) is 0.522. The van der Waals surface area contributed by atoms with Gasteiger partial charge >= 0.3 is 0 Å². The SMILES string of the molecule is Fc1ccc(COc2ccc(C=Nc3ccc(Br)cc3)cc2)cc1. The molecule has 0 aliphatic carbocycles. The van der Waals surface area contributed by atoms with Gasteiger partial charge in [-0.15, -0.1) is 0 Å². The van der Waals surface area contributed by atoms with Gasteiger partial charge in [0, 0.05) is 10.7 Å². The molecule has 0 amide bonds. The molecule has 0 aromatic heterocycles. The molecule has 120 valence electrons. The summed E-state index contributed by atoms with van der Waals surface area (Å²) in [7, 11) is 0. The van der Waals surface area contributed by atoms with E-state index in [4.69, 9.17) is 4.74 Å². The first-order valence-corrected chi connectivity index (χ1v) is 8.25. The van der Waals surface area contributed by atoms with Crippen molar-refractivity contribution in [1.82, 2.24) is 0 Å². The molecule has 0 saturated carbocycles. The van der Waals surface area contributed by atoms with Crippen molar-refractivity contribution in [3.63, 3.8) is 0 Å². The summed E-state index contributed by atoms with van der Waals surface area (Å²) in [5.41, 5.74) is 2.82. The summed E-state index contributed by atoms with van der Waals surface area (Å²) in [6.07, 6.45) is 1.81. The summed E-state index contributed by atoms with van der Waals surface area (Å²) in [4.78, 5) is 4.43. The lowest BCUT2D eigenvalue weighted by atomic mass is 10.2. The highest BCUT2D eigenvalue weighted by molar-refractivity contribution is 9.10.